The fraction of sp³-hybridized carbons (Fsp3) is 0.294. The highest BCUT2D eigenvalue weighted by molar-refractivity contribution is 5.33. The van der Waals surface area contributed by atoms with E-state index < -0.39 is 0 Å². The number of hydrogen-bond donors (Lipinski definition) is 1. The maximum absolute atomic E-state index is 5.76. The van der Waals surface area contributed by atoms with E-state index in [0.717, 1.165) is 17.9 Å². The van der Waals surface area contributed by atoms with E-state index in [1.54, 1.807) is 0 Å². The second kappa shape index (κ2) is 8.35. The molecule has 0 saturated heterocycles. The van der Waals surface area contributed by atoms with Crippen LogP contribution in [-0.4, -0.2) is 20.3 Å². The molecule has 2 rings (SSSR count). The summed E-state index contributed by atoms with van der Waals surface area (Å²) in [5, 5.41) is 3.14. The average molecular weight is 271 g/mol. The smallest absolute Gasteiger partial charge is 0.123 e. The Morgan fingerprint density at radius 3 is 2.45 bits per heavy atom. The molecule has 0 fully saturated rings. The molecule has 0 saturated carbocycles. The van der Waals surface area contributed by atoms with Crippen molar-refractivity contribution < 1.29 is 9.47 Å². The van der Waals surface area contributed by atoms with E-state index >= 15 is 0 Å². The van der Waals surface area contributed by atoms with Gasteiger partial charge in [0.15, 0.2) is 0 Å². The molecule has 0 spiro atoms. The SMILES string of the molecule is CNCc1ccccc1OCCOCc1ccccc1. The summed E-state index contributed by atoms with van der Waals surface area (Å²) in [6.07, 6.45) is 0. The van der Waals surface area contributed by atoms with E-state index in [0.29, 0.717) is 19.8 Å². The molecule has 3 nitrogen and oxygen atoms in total. The van der Waals surface area contributed by atoms with E-state index in [9.17, 15) is 0 Å². The van der Waals surface area contributed by atoms with E-state index in [-0.39, 0.29) is 0 Å². The van der Waals surface area contributed by atoms with Gasteiger partial charge in [-0.1, -0.05) is 48.5 Å². The Morgan fingerprint density at radius 1 is 0.900 bits per heavy atom. The molecular formula is C17H21NO2. The van der Waals surface area contributed by atoms with Crippen LogP contribution in [0.15, 0.2) is 54.6 Å². The highest BCUT2D eigenvalue weighted by Crippen LogP contribution is 2.17. The Labute approximate surface area is 120 Å². The summed E-state index contributed by atoms with van der Waals surface area (Å²) in [6.45, 7) is 2.58. The fourth-order valence-electron chi connectivity index (χ4n) is 1.96. The second-order valence-corrected chi connectivity index (χ2v) is 4.52. The molecule has 3 heteroatoms. The van der Waals surface area contributed by atoms with Crippen LogP contribution >= 0.6 is 0 Å². The first-order chi connectivity index (χ1) is 9.90. The maximum Gasteiger partial charge on any atom is 0.123 e. The first kappa shape index (κ1) is 14.6. The van der Waals surface area contributed by atoms with Gasteiger partial charge in [-0.25, -0.2) is 0 Å². The Kier molecular flexibility index (Phi) is 6.08. The van der Waals surface area contributed by atoms with Crippen molar-refractivity contribution in [1.82, 2.24) is 5.32 Å². The number of ether oxygens (including phenoxy) is 2. The minimum atomic E-state index is 0.563. The summed E-state index contributed by atoms with van der Waals surface area (Å²) in [5.74, 6) is 0.921. The Bertz CT molecular complexity index is 499. The van der Waals surface area contributed by atoms with Crippen LogP contribution in [0.1, 0.15) is 11.1 Å². The first-order valence-corrected chi connectivity index (χ1v) is 6.87. The average Bonchev–Trinajstić information content (AvgIpc) is 2.50. The van der Waals surface area contributed by atoms with E-state index in [1.165, 1.54) is 5.56 Å². The molecule has 0 heterocycles. The third-order valence-corrected chi connectivity index (χ3v) is 2.94. The van der Waals surface area contributed by atoms with Gasteiger partial charge in [0.25, 0.3) is 0 Å². The minimum absolute atomic E-state index is 0.563. The molecular weight excluding hydrogens is 250 g/mol. The van der Waals surface area contributed by atoms with Crippen LogP contribution in [0.4, 0.5) is 0 Å². The van der Waals surface area contributed by atoms with Crippen molar-refractivity contribution in [2.45, 2.75) is 13.2 Å². The van der Waals surface area contributed by atoms with Gasteiger partial charge in [0.2, 0.25) is 0 Å². The molecule has 0 aliphatic carbocycles. The standard InChI is InChI=1S/C17H21NO2/c1-18-13-16-9-5-6-10-17(16)20-12-11-19-14-15-7-3-2-4-8-15/h2-10,18H,11-14H2,1H3. The van der Waals surface area contributed by atoms with Crippen LogP contribution in [-0.2, 0) is 17.9 Å². The van der Waals surface area contributed by atoms with Crippen LogP contribution in [0.3, 0.4) is 0 Å². The predicted molar refractivity (Wildman–Crippen MR) is 80.8 cm³/mol. The molecule has 2 aromatic carbocycles. The largest absolute Gasteiger partial charge is 0.491 e. The number of benzene rings is 2. The lowest BCUT2D eigenvalue weighted by Crippen LogP contribution is -2.10. The van der Waals surface area contributed by atoms with Crippen molar-refractivity contribution >= 4 is 0 Å². The molecule has 1 N–H and O–H groups in total. The van der Waals surface area contributed by atoms with Gasteiger partial charge in [-0.15, -0.1) is 0 Å². The topological polar surface area (TPSA) is 30.5 Å². The summed E-state index contributed by atoms with van der Waals surface area (Å²) < 4.78 is 11.4. The lowest BCUT2D eigenvalue weighted by molar-refractivity contribution is 0.0886. The minimum Gasteiger partial charge on any atom is -0.491 e. The third kappa shape index (κ3) is 4.68. The third-order valence-electron chi connectivity index (χ3n) is 2.94. The first-order valence-electron chi connectivity index (χ1n) is 6.87. The monoisotopic (exact) mass is 271 g/mol. The van der Waals surface area contributed by atoms with Gasteiger partial charge in [-0.2, -0.15) is 0 Å². The van der Waals surface area contributed by atoms with E-state index in [1.807, 2.05) is 43.4 Å². The van der Waals surface area contributed by atoms with Gasteiger partial charge in [0.1, 0.15) is 12.4 Å². The molecule has 0 radical (unpaired) electrons. The molecule has 0 aliphatic rings. The van der Waals surface area contributed by atoms with Gasteiger partial charge < -0.3 is 14.8 Å². The van der Waals surface area contributed by atoms with Gasteiger partial charge in [0.05, 0.1) is 13.2 Å². The van der Waals surface area contributed by atoms with Crippen LogP contribution in [0.2, 0.25) is 0 Å². The highest BCUT2D eigenvalue weighted by atomic mass is 16.5. The Hall–Kier alpha value is -1.84. The van der Waals surface area contributed by atoms with Crippen molar-refractivity contribution in [3.8, 4) is 5.75 Å². The van der Waals surface area contributed by atoms with Crippen molar-refractivity contribution in [2.24, 2.45) is 0 Å². The van der Waals surface area contributed by atoms with Crippen molar-refractivity contribution in [1.29, 1.82) is 0 Å². The number of rotatable bonds is 8. The Morgan fingerprint density at radius 2 is 1.65 bits per heavy atom. The molecule has 0 atom stereocenters. The van der Waals surface area contributed by atoms with Gasteiger partial charge >= 0.3 is 0 Å². The molecule has 2 aromatic rings. The summed E-state index contributed by atoms with van der Waals surface area (Å²) in [5.41, 5.74) is 2.35. The zero-order valence-corrected chi connectivity index (χ0v) is 11.8. The molecule has 106 valence electrons. The zero-order valence-electron chi connectivity index (χ0n) is 11.8. The van der Waals surface area contributed by atoms with E-state index in [2.05, 4.69) is 23.5 Å². The molecule has 0 aromatic heterocycles. The highest BCUT2D eigenvalue weighted by Gasteiger charge is 2.01. The van der Waals surface area contributed by atoms with Crippen LogP contribution < -0.4 is 10.1 Å². The van der Waals surface area contributed by atoms with Crippen molar-refractivity contribution in [3.05, 3.63) is 65.7 Å². The van der Waals surface area contributed by atoms with Crippen molar-refractivity contribution in [3.63, 3.8) is 0 Å². The van der Waals surface area contributed by atoms with Crippen molar-refractivity contribution in [2.75, 3.05) is 20.3 Å². The second-order valence-electron chi connectivity index (χ2n) is 4.52. The molecule has 0 bridgehead atoms. The van der Waals surface area contributed by atoms with Gasteiger partial charge in [0, 0.05) is 12.1 Å². The number of para-hydroxylation sites is 1. The summed E-state index contributed by atoms with van der Waals surface area (Å²) >= 11 is 0. The van der Waals surface area contributed by atoms with Crippen LogP contribution in [0.5, 0.6) is 5.75 Å². The molecule has 0 unspecified atom stereocenters. The summed E-state index contributed by atoms with van der Waals surface area (Å²) in [7, 11) is 1.93. The zero-order chi connectivity index (χ0) is 14.0. The summed E-state index contributed by atoms with van der Waals surface area (Å²) in [6, 6.07) is 18.2. The van der Waals surface area contributed by atoms with Crippen LogP contribution in [0.25, 0.3) is 0 Å². The quantitative estimate of drug-likeness (QED) is 0.749. The molecule has 0 amide bonds. The van der Waals surface area contributed by atoms with Gasteiger partial charge in [-0.3, -0.25) is 0 Å². The maximum atomic E-state index is 5.76. The Balaban J connectivity index is 1.71. The molecule has 20 heavy (non-hydrogen) atoms. The summed E-state index contributed by atoms with van der Waals surface area (Å²) in [4.78, 5) is 0. The fourth-order valence-corrected chi connectivity index (χ4v) is 1.96. The normalized spacial score (nSPS) is 10.4. The molecule has 0 aliphatic heterocycles. The predicted octanol–water partition coefficient (Wildman–Crippen LogP) is 3.00. The lowest BCUT2D eigenvalue weighted by atomic mass is 10.2. The van der Waals surface area contributed by atoms with E-state index in [4.69, 9.17) is 9.47 Å². The lowest BCUT2D eigenvalue weighted by Gasteiger charge is -2.11. The number of nitrogens with one attached hydrogen (secondary N) is 1. The van der Waals surface area contributed by atoms with Crippen LogP contribution in [0, 0.1) is 0 Å². The number of hydrogen-bond acceptors (Lipinski definition) is 3. The van der Waals surface area contributed by atoms with Gasteiger partial charge in [-0.05, 0) is 18.7 Å².